The van der Waals surface area contributed by atoms with Gasteiger partial charge in [0.05, 0.1) is 0 Å². The molecule has 1 saturated heterocycles. The van der Waals surface area contributed by atoms with E-state index < -0.39 is 17.3 Å². The molecular formula is C20H26F2N2O2. The summed E-state index contributed by atoms with van der Waals surface area (Å²) < 4.78 is 27.4. The van der Waals surface area contributed by atoms with E-state index in [0.717, 1.165) is 31.6 Å². The Bertz CT molecular complexity index is 652. The van der Waals surface area contributed by atoms with Crippen LogP contribution in [0.3, 0.4) is 0 Å². The molecule has 1 unspecified atom stereocenters. The largest absolute Gasteiger partial charge is 0.342 e. The molecule has 1 N–H and O–H groups in total. The Morgan fingerprint density at radius 3 is 2.27 bits per heavy atom. The third kappa shape index (κ3) is 4.22. The van der Waals surface area contributed by atoms with Crippen LogP contribution in [-0.2, 0) is 9.59 Å². The number of hydrogen-bond acceptors (Lipinski definition) is 2. The van der Waals surface area contributed by atoms with Crippen LogP contribution in [0.2, 0.25) is 0 Å². The number of likely N-dealkylation sites (tertiary alicyclic amines) is 1. The summed E-state index contributed by atoms with van der Waals surface area (Å²) in [5, 5.41) is 2.38. The number of nitrogens with zero attached hydrogens (tertiary/aromatic N) is 1. The number of amides is 2. The Kier molecular flexibility index (Phi) is 5.89. The van der Waals surface area contributed by atoms with E-state index in [4.69, 9.17) is 0 Å². The number of anilines is 1. The van der Waals surface area contributed by atoms with Gasteiger partial charge in [-0.05, 0) is 56.6 Å². The van der Waals surface area contributed by atoms with Gasteiger partial charge in [0.25, 0.3) is 0 Å². The molecule has 1 saturated carbocycles. The zero-order valence-corrected chi connectivity index (χ0v) is 15.1. The number of benzene rings is 1. The van der Waals surface area contributed by atoms with E-state index in [-0.39, 0.29) is 23.7 Å². The molecular weight excluding hydrogens is 338 g/mol. The number of rotatable bonds is 3. The molecule has 6 heteroatoms. The molecule has 1 aromatic carbocycles. The molecule has 1 aliphatic heterocycles. The predicted octanol–water partition coefficient (Wildman–Crippen LogP) is 3.97. The van der Waals surface area contributed by atoms with Crippen LogP contribution in [0, 0.1) is 29.4 Å². The van der Waals surface area contributed by atoms with Crippen molar-refractivity contribution in [2.24, 2.45) is 17.8 Å². The molecule has 1 atom stereocenters. The SMILES string of the molecule is CC1CCCN(C(=O)C2CCC(C(=O)Nc3c(F)cccc3F)CC2)C1. The first-order chi connectivity index (χ1) is 12.5. The van der Waals surface area contributed by atoms with E-state index in [1.165, 1.54) is 12.5 Å². The van der Waals surface area contributed by atoms with Gasteiger partial charge in [-0.2, -0.15) is 0 Å². The molecule has 1 aliphatic carbocycles. The Morgan fingerprint density at radius 1 is 1.04 bits per heavy atom. The van der Waals surface area contributed by atoms with Crippen molar-refractivity contribution in [2.75, 3.05) is 18.4 Å². The lowest BCUT2D eigenvalue weighted by molar-refractivity contribution is -0.139. The number of nitrogens with one attached hydrogen (secondary N) is 1. The summed E-state index contributed by atoms with van der Waals surface area (Å²) >= 11 is 0. The summed E-state index contributed by atoms with van der Waals surface area (Å²) in [7, 11) is 0. The van der Waals surface area contributed by atoms with Crippen LogP contribution in [0.25, 0.3) is 0 Å². The molecule has 2 amide bonds. The summed E-state index contributed by atoms with van der Waals surface area (Å²) in [4.78, 5) is 27.0. The van der Waals surface area contributed by atoms with Crippen molar-refractivity contribution in [3.63, 3.8) is 0 Å². The van der Waals surface area contributed by atoms with E-state index in [2.05, 4.69) is 12.2 Å². The van der Waals surface area contributed by atoms with Crippen molar-refractivity contribution in [1.29, 1.82) is 0 Å². The van der Waals surface area contributed by atoms with Crippen LogP contribution >= 0.6 is 0 Å². The normalized spacial score (nSPS) is 26.4. The maximum Gasteiger partial charge on any atom is 0.227 e. The van der Waals surface area contributed by atoms with Gasteiger partial charge >= 0.3 is 0 Å². The molecule has 142 valence electrons. The Morgan fingerprint density at radius 2 is 1.65 bits per heavy atom. The highest BCUT2D eigenvalue weighted by Crippen LogP contribution is 2.32. The highest BCUT2D eigenvalue weighted by atomic mass is 19.1. The minimum absolute atomic E-state index is 0.0328. The third-order valence-corrected chi connectivity index (χ3v) is 5.63. The van der Waals surface area contributed by atoms with Crippen molar-refractivity contribution >= 4 is 17.5 Å². The number of hydrogen-bond donors (Lipinski definition) is 1. The van der Waals surface area contributed by atoms with Crippen LogP contribution in [0.1, 0.15) is 45.4 Å². The molecule has 1 heterocycles. The molecule has 2 fully saturated rings. The van der Waals surface area contributed by atoms with E-state index >= 15 is 0 Å². The van der Waals surface area contributed by atoms with Gasteiger partial charge in [0, 0.05) is 24.9 Å². The van der Waals surface area contributed by atoms with Gasteiger partial charge < -0.3 is 10.2 Å². The molecule has 0 spiro atoms. The second kappa shape index (κ2) is 8.14. The van der Waals surface area contributed by atoms with Crippen LogP contribution in [-0.4, -0.2) is 29.8 Å². The average Bonchev–Trinajstić information content (AvgIpc) is 2.64. The lowest BCUT2D eigenvalue weighted by atomic mass is 9.80. The minimum atomic E-state index is -0.776. The van der Waals surface area contributed by atoms with Gasteiger partial charge in [-0.15, -0.1) is 0 Å². The van der Waals surface area contributed by atoms with Crippen molar-refractivity contribution in [1.82, 2.24) is 4.90 Å². The monoisotopic (exact) mass is 364 g/mol. The van der Waals surface area contributed by atoms with Gasteiger partial charge in [0.1, 0.15) is 17.3 Å². The molecule has 2 aliphatic rings. The van der Waals surface area contributed by atoms with Crippen LogP contribution in [0.15, 0.2) is 18.2 Å². The van der Waals surface area contributed by atoms with Crippen LogP contribution in [0.4, 0.5) is 14.5 Å². The molecule has 0 bridgehead atoms. The summed E-state index contributed by atoms with van der Waals surface area (Å²) in [6.07, 6.45) is 4.68. The number of para-hydroxylation sites is 1. The molecule has 1 aromatic rings. The van der Waals surface area contributed by atoms with Gasteiger partial charge in [-0.1, -0.05) is 13.0 Å². The molecule has 0 aromatic heterocycles. The van der Waals surface area contributed by atoms with Gasteiger partial charge in [-0.25, -0.2) is 8.78 Å². The standard InChI is InChI=1S/C20H26F2N2O2/c1-13-4-3-11-24(12-13)20(26)15-9-7-14(8-10-15)19(25)23-18-16(21)5-2-6-17(18)22/h2,5-6,13-15H,3-4,7-12H2,1H3,(H,23,25). The lowest BCUT2D eigenvalue weighted by Gasteiger charge is -2.35. The second-order valence-corrected chi connectivity index (χ2v) is 7.67. The molecule has 0 radical (unpaired) electrons. The topological polar surface area (TPSA) is 49.4 Å². The minimum Gasteiger partial charge on any atom is -0.342 e. The Hall–Kier alpha value is -1.98. The molecule has 3 rings (SSSR count). The quantitative estimate of drug-likeness (QED) is 0.882. The van der Waals surface area contributed by atoms with Crippen LogP contribution < -0.4 is 5.32 Å². The highest BCUT2D eigenvalue weighted by molar-refractivity contribution is 5.93. The second-order valence-electron chi connectivity index (χ2n) is 7.67. The van der Waals surface area contributed by atoms with Crippen molar-refractivity contribution in [3.05, 3.63) is 29.8 Å². The van der Waals surface area contributed by atoms with Gasteiger partial charge in [-0.3, -0.25) is 9.59 Å². The summed E-state index contributed by atoms with van der Waals surface area (Å²) in [5.74, 6) is -1.51. The zero-order valence-electron chi connectivity index (χ0n) is 15.1. The Balaban J connectivity index is 1.53. The third-order valence-electron chi connectivity index (χ3n) is 5.63. The summed E-state index contributed by atoms with van der Waals surface area (Å²) in [5.41, 5.74) is -0.391. The first-order valence-electron chi connectivity index (χ1n) is 9.49. The number of carbonyl (C=O) groups excluding carboxylic acids is 2. The fourth-order valence-corrected chi connectivity index (χ4v) is 4.09. The first-order valence-corrected chi connectivity index (χ1v) is 9.49. The van der Waals surface area contributed by atoms with Gasteiger partial charge in [0.15, 0.2) is 0 Å². The average molecular weight is 364 g/mol. The van der Waals surface area contributed by atoms with Crippen molar-refractivity contribution < 1.29 is 18.4 Å². The summed E-state index contributed by atoms with van der Waals surface area (Å²) in [6.45, 7) is 3.82. The maximum absolute atomic E-state index is 13.7. The van der Waals surface area contributed by atoms with Crippen molar-refractivity contribution in [2.45, 2.75) is 45.4 Å². The number of carbonyl (C=O) groups is 2. The van der Waals surface area contributed by atoms with E-state index in [0.29, 0.717) is 31.6 Å². The predicted molar refractivity (Wildman–Crippen MR) is 95.4 cm³/mol. The fraction of sp³-hybridized carbons (Fsp3) is 0.600. The smallest absolute Gasteiger partial charge is 0.227 e. The van der Waals surface area contributed by atoms with E-state index in [1.807, 2.05) is 4.90 Å². The van der Waals surface area contributed by atoms with Crippen molar-refractivity contribution in [3.8, 4) is 0 Å². The highest BCUT2D eigenvalue weighted by Gasteiger charge is 2.33. The Labute approximate surface area is 152 Å². The summed E-state index contributed by atoms with van der Waals surface area (Å²) in [6, 6.07) is 3.50. The number of piperidine rings is 1. The lowest BCUT2D eigenvalue weighted by Crippen LogP contribution is -2.43. The molecule has 4 nitrogen and oxygen atoms in total. The van der Waals surface area contributed by atoms with Gasteiger partial charge in [0.2, 0.25) is 11.8 Å². The maximum atomic E-state index is 13.7. The molecule has 26 heavy (non-hydrogen) atoms. The van der Waals surface area contributed by atoms with Crippen LogP contribution in [0.5, 0.6) is 0 Å². The number of halogens is 2. The van der Waals surface area contributed by atoms with E-state index in [9.17, 15) is 18.4 Å². The first kappa shape index (κ1) is 18.8. The fourth-order valence-electron chi connectivity index (χ4n) is 4.09. The zero-order chi connectivity index (χ0) is 18.7. The van der Waals surface area contributed by atoms with E-state index in [1.54, 1.807) is 0 Å².